The van der Waals surface area contributed by atoms with E-state index in [1.54, 1.807) is 13.3 Å². The summed E-state index contributed by atoms with van der Waals surface area (Å²) >= 11 is 0. The zero-order valence-corrected chi connectivity index (χ0v) is 9.97. The van der Waals surface area contributed by atoms with Crippen LogP contribution in [-0.2, 0) is 4.74 Å². The molecular formula is C12H18FN3O. The first-order valence-corrected chi connectivity index (χ1v) is 5.78. The van der Waals surface area contributed by atoms with Crippen molar-refractivity contribution < 1.29 is 9.13 Å². The van der Waals surface area contributed by atoms with Gasteiger partial charge >= 0.3 is 0 Å². The molecule has 17 heavy (non-hydrogen) atoms. The summed E-state index contributed by atoms with van der Waals surface area (Å²) in [5.41, 5.74) is 6.98. The number of nitrogens with two attached hydrogens (primary N) is 1. The quantitative estimate of drug-likeness (QED) is 0.835. The molecule has 1 fully saturated rings. The van der Waals surface area contributed by atoms with Gasteiger partial charge in [0.1, 0.15) is 5.82 Å². The molecule has 0 aliphatic carbocycles. The molecule has 0 amide bonds. The Balaban J connectivity index is 2.02. The number of aromatic nitrogens is 1. The summed E-state index contributed by atoms with van der Waals surface area (Å²) in [6.45, 7) is 3.23. The molecule has 1 aliphatic rings. The summed E-state index contributed by atoms with van der Waals surface area (Å²) in [5, 5.41) is 0. The number of likely N-dealkylation sites (tertiary alicyclic amines) is 1. The van der Waals surface area contributed by atoms with Gasteiger partial charge in [0.15, 0.2) is 0 Å². The van der Waals surface area contributed by atoms with Crippen LogP contribution in [0.4, 0.5) is 4.39 Å². The molecule has 0 spiro atoms. The van der Waals surface area contributed by atoms with Crippen molar-refractivity contribution in [3.05, 3.63) is 29.8 Å². The van der Waals surface area contributed by atoms with Gasteiger partial charge in [0.2, 0.25) is 0 Å². The van der Waals surface area contributed by atoms with Gasteiger partial charge in [-0.2, -0.15) is 0 Å². The minimum atomic E-state index is -0.301. The van der Waals surface area contributed by atoms with Gasteiger partial charge in [0, 0.05) is 44.9 Å². The number of hydrogen-bond donors (Lipinski definition) is 1. The molecule has 2 heterocycles. The van der Waals surface area contributed by atoms with Gasteiger partial charge in [-0.05, 0) is 11.6 Å². The Morgan fingerprint density at radius 3 is 3.06 bits per heavy atom. The molecular weight excluding hydrogens is 221 g/mol. The number of rotatable bonds is 4. The third-order valence-corrected chi connectivity index (χ3v) is 3.21. The van der Waals surface area contributed by atoms with Crippen LogP contribution in [0.2, 0.25) is 0 Å². The van der Waals surface area contributed by atoms with Gasteiger partial charge < -0.3 is 10.5 Å². The molecule has 0 saturated carbocycles. The normalized spacial score (nSPS) is 25.4. The Morgan fingerprint density at radius 1 is 1.53 bits per heavy atom. The second kappa shape index (κ2) is 5.53. The van der Waals surface area contributed by atoms with Gasteiger partial charge in [0.05, 0.1) is 12.8 Å². The third kappa shape index (κ3) is 3.00. The highest BCUT2D eigenvalue weighted by Gasteiger charge is 2.31. The zero-order valence-electron chi connectivity index (χ0n) is 9.97. The van der Waals surface area contributed by atoms with Crippen LogP contribution in [0.15, 0.2) is 18.5 Å². The van der Waals surface area contributed by atoms with Crippen molar-refractivity contribution in [3.63, 3.8) is 0 Å². The lowest BCUT2D eigenvalue weighted by Crippen LogP contribution is -2.30. The monoisotopic (exact) mass is 239 g/mol. The highest BCUT2D eigenvalue weighted by molar-refractivity contribution is 5.20. The van der Waals surface area contributed by atoms with Crippen molar-refractivity contribution in [2.45, 2.75) is 12.0 Å². The van der Waals surface area contributed by atoms with Gasteiger partial charge in [-0.25, -0.2) is 4.39 Å². The molecule has 2 rings (SSSR count). The largest absolute Gasteiger partial charge is 0.383 e. The topological polar surface area (TPSA) is 51.4 Å². The van der Waals surface area contributed by atoms with E-state index in [-0.39, 0.29) is 17.8 Å². The standard InChI is InChI=1S/C12H18FN3O/c1-17-3-2-16-7-11(12(14)8-16)9-4-10(13)6-15-5-9/h4-6,11-12H,2-3,7-8,14H2,1H3/t11-,12+/m1/s1. The fourth-order valence-corrected chi connectivity index (χ4v) is 2.30. The molecule has 1 saturated heterocycles. The van der Waals surface area contributed by atoms with E-state index in [2.05, 4.69) is 9.88 Å². The summed E-state index contributed by atoms with van der Waals surface area (Å²) in [7, 11) is 1.68. The highest BCUT2D eigenvalue weighted by Crippen LogP contribution is 2.26. The van der Waals surface area contributed by atoms with Crippen LogP contribution in [0, 0.1) is 5.82 Å². The fraction of sp³-hybridized carbons (Fsp3) is 0.583. The first-order valence-electron chi connectivity index (χ1n) is 5.78. The minimum Gasteiger partial charge on any atom is -0.383 e. The molecule has 4 nitrogen and oxygen atoms in total. The Hall–Kier alpha value is -1.04. The molecule has 0 unspecified atom stereocenters. The first-order chi connectivity index (χ1) is 8.20. The number of halogens is 1. The van der Waals surface area contributed by atoms with Crippen molar-refractivity contribution in [3.8, 4) is 0 Å². The summed E-state index contributed by atoms with van der Waals surface area (Å²) in [5.74, 6) is -0.139. The Bertz CT molecular complexity index is 375. The van der Waals surface area contributed by atoms with E-state index < -0.39 is 0 Å². The lowest BCUT2D eigenvalue weighted by molar-refractivity contribution is 0.160. The molecule has 0 radical (unpaired) electrons. The fourth-order valence-electron chi connectivity index (χ4n) is 2.30. The Morgan fingerprint density at radius 2 is 2.35 bits per heavy atom. The summed E-state index contributed by atoms with van der Waals surface area (Å²) in [6, 6.07) is 1.56. The average Bonchev–Trinajstić information content (AvgIpc) is 2.68. The summed E-state index contributed by atoms with van der Waals surface area (Å²) in [4.78, 5) is 6.12. The smallest absolute Gasteiger partial charge is 0.141 e. The van der Waals surface area contributed by atoms with Gasteiger partial charge in [-0.3, -0.25) is 9.88 Å². The van der Waals surface area contributed by atoms with Crippen LogP contribution in [0.25, 0.3) is 0 Å². The molecule has 1 aromatic heterocycles. The number of nitrogens with zero attached hydrogens (tertiary/aromatic N) is 2. The predicted molar refractivity (Wildman–Crippen MR) is 63.2 cm³/mol. The van der Waals surface area contributed by atoms with Gasteiger partial charge in [0.25, 0.3) is 0 Å². The molecule has 0 bridgehead atoms. The Kier molecular flexibility index (Phi) is 4.04. The maximum atomic E-state index is 13.1. The molecule has 5 heteroatoms. The SMILES string of the molecule is COCCN1C[C@H](c2cncc(F)c2)[C@@H](N)C1. The van der Waals surface area contributed by atoms with Crippen LogP contribution < -0.4 is 5.73 Å². The van der Waals surface area contributed by atoms with E-state index in [0.717, 1.165) is 25.2 Å². The van der Waals surface area contributed by atoms with Crippen LogP contribution in [-0.4, -0.2) is 49.3 Å². The minimum absolute atomic E-state index is 0.0375. The zero-order chi connectivity index (χ0) is 12.3. The van der Waals surface area contributed by atoms with Crippen molar-refractivity contribution in [1.82, 2.24) is 9.88 Å². The van der Waals surface area contributed by atoms with Crippen LogP contribution in [0.5, 0.6) is 0 Å². The van der Waals surface area contributed by atoms with E-state index in [4.69, 9.17) is 10.5 Å². The number of pyridine rings is 1. The molecule has 0 aromatic carbocycles. The van der Waals surface area contributed by atoms with Gasteiger partial charge in [-0.15, -0.1) is 0 Å². The van der Waals surface area contributed by atoms with Crippen molar-refractivity contribution in [2.75, 3.05) is 33.4 Å². The lowest BCUT2D eigenvalue weighted by Gasteiger charge is -2.15. The average molecular weight is 239 g/mol. The molecule has 2 atom stereocenters. The first kappa shape index (κ1) is 12.4. The number of methoxy groups -OCH3 is 1. The van der Waals surface area contributed by atoms with Crippen LogP contribution in [0.1, 0.15) is 11.5 Å². The second-order valence-corrected chi connectivity index (χ2v) is 4.46. The highest BCUT2D eigenvalue weighted by atomic mass is 19.1. The van der Waals surface area contributed by atoms with E-state index >= 15 is 0 Å². The van der Waals surface area contributed by atoms with E-state index in [1.807, 2.05) is 0 Å². The predicted octanol–water partition coefficient (Wildman–Crippen LogP) is 0.594. The lowest BCUT2D eigenvalue weighted by atomic mass is 9.96. The second-order valence-electron chi connectivity index (χ2n) is 4.46. The van der Waals surface area contributed by atoms with E-state index in [0.29, 0.717) is 6.61 Å². The van der Waals surface area contributed by atoms with E-state index in [9.17, 15) is 4.39 Å². The van der Waals surface area contributed by atoms with Crippen molar-refractivity contribution in [1.29, 1.82) is 0 Å². The van der Waals surface area contributed by atoms with Crippen LogP contribution >= 0.6 is 0 Å². The maximum absolute atomic E-state index is 13.1. The molecule has 2 N–H and O–H groups in total. The third-order valence-electron chi connectivity index (χ3n) is 3.21. The van der Waals surface area contributed by atoms with Crippen molar-refractivity contribution in [2.24, 2.45) is 5.73 Å². The number of hydrogen-bond acceptors (Lipinski definition) is 4. The van der Waals surface area contributed by atoms with Crippen molar-refractivity contribution >= 4 is 0 Å². The summed E-state index contributed by atoms with van der Waals surface area (Å²) < 4.78 is 18.2. The van der Waals surface area contributed by atoms with Crippen LogP contribution in [0.3, 0.4) is 0 Å². The molecule has 1 aromatic rings. The van der Waals surface area contributed by atoms with Gasteiger partial charge in [-0.1, -0.05) is 0 Å². The Labute approximate surface area is 101 Å². The number of ether oxygens (including phenoxy) is 1. The molecule has 94 valence electrons. The summed E-state index contributed by atoms with van der Waals surface area (Å²) in [6.07, 6.45) is 2.92. The van der Waals surface area contributed by atoms with E-state index in [1.165, 1.54) is 12.3 Å². The molecule has 1 aliphatic heterocycles. The maximum Gasteiger partial charge on any atom is 0.141 e.